The van der Waals surface area contributed by atoms with Crippen molar-refractivity contribution < 1.29 is 13.6 Å². The van der Waals surface area contributed by atoms with Crippen LogP contribution in [0.25, 0.3) is 11.0 Å². The van der Waals surface area contributed by atoms with Gasteiger partial charge in [0, 0.05) is 29.8 Å². The average Bonchev–Trinajstić information content (AvgIpc) is 3.05. The largest absolute Gasteiger partial charge is 0.327 e. The lowest BCUT2D eigenvalue weighted by molar-refractivity contribution is -0.120. The summed E-state index contributed by atoms with van der Waals surface area (Å²) in [4.78, 5) is 17.0. The minimum Gasteiger partial charge on any atom is -0.327 e. The normalized spacial score (nSPS) is 25.1. The standard InChI is InChI=1S/C24H22F2N4O/c1-12-5-15(4-3-14(12)10-27)29-24(31)13(2)23-17-6-16(7-18(17)23)30-11-28-21-8-19(25)20(26)9-22(21)30/h3-5,8-9,11,13,16-18,23H,6-7H2,1-2H3,(H,29,31)/t13?,16?,17-,18+,23?. The van der Waals surface area contributed by atoms with Gasteiger partial charge in [-0.3, -0.25) is 4.79 Å². The molecule has 0 bridgehead atoms. The van der Waals surface area contributed by atoms with Gasteiger partial charge in [-0.15, -0.1) is 0 Å². The zero-order chi connectivity index (χ0) is 21.9. The second kappa shape index (κ2) is 7.16. The van der Waals surface area contributed by atoms with Crippen molar-refractivity contribution in [3.05, 3.63) is 59.4 Å². The van der Waals surface area contributed by atoms with Crippen molar-refractivity contribution in [2.24, 2.45) is 23.7 Å². The number of rotatable bonds is 4. The van der Waals surface area contributed by atoms with Crippen LogP contribution in [0.4, 0.5) is 14.5 Å². The summed E-state index contributed by atoms with van der Waals surface area (Å²) < 4.78 is 29.1. The van der Waals surface area contributed by atoms with Gasteiger partial charge < -0.3 is 9.88 Å². The Morgan fingerprint density at radius 2 is 1.94 bits per heavy atom. The van der Waals surface area contributed by atoms with Crippen molar-refractivity contribution >= 4 is 22.6 Å². The zero-order valence-corrected chi connectivity index (χ0v) is 17.3. The molecule has 1 heterocycles. The molecule has 2 aliphatic rings. The van der Waals surface area contributed by atoms with Crippen LogP contribution < -0.4 is 5.32 Å². The van der Waals surface area contributed by atoms with Crippen molar-refractivity contribution in [2.75, 3.05) is 5.32 Å². The molecule has 2 aliphatic carbocycles. The van der Waals surface area contributed by atoms with Gasteiger partial charge in [-0.25, -0.2) is 13.8 Å². The smallest absolute Gasteiger partial charge is 0.227 e. The third kappa shape index (κ3) is 3.27. The first-order valence-electron chi connectivity index (χ1n) is 10.5. The van der Waals surface area contributed by atoms with E-state index in [2.05, 4.69) is 16.4 Å². The number of hydrogen-bond acceptors (Lipinski definition) is 3. The van der Waals surface area contributed by atoms with Gasteiger partial charge in [-0.1, -0.05) is 6.92 Å². The number of nitrogens with one attached hydrogen (secondary N) is 1. The van der Waals surface area contributed by atoms with Gasteiger partial charge in [0.15, 0.2) is 11.6 Å². The summed E-state index contributed by atoms with van der Waals surface area (Å²) in [6.07, 6.45) is 3.48. The van der Waals surface area contributed by atoms with Crippen LogP contribution >= 0.6 is 0 Å². The maximum atomic E-state index is 13.7. The van der Waals surface area contributed by atoms with E-state index < -0.39 is 11.6 Å². The van der Waals surface area contributed by atoms with Gasteiger partial charge in [-0.05, 0) is 61.3 Å². The fourth-order valence-corrected chi connectivity index (χ4v) is 5.44. The third-order valence-corrected chi connectivity index (χ3v) is 7.10. The summed E-state index contributed by atoms with van der Waals surface area (Å²) in [7, 11) is 0. The second-order valence-electron chi connectivity index (χ2n) is 8.86. The van der Waals surface area contributed by atoms with Crippen LogP contribution in [0.1, 0.15) is 36.9 Å². The van der Waals surface area contributed by atoms with Crippen molar-refractivity contribution in [2.45, 2.75) is 32.7 Å². The Kier molecular flexibility index (Phi) is 4.54. The van der Waals surface area contributed by atoms with E-state index in [9.17, 15) is 13.6 Å². The fraction of sp³-hybridized carbons (Fsp3) is 0.375. The summed E-state index contributed by atoms with van der Waals surface area (Å²) in [5.74, 6) is -0.626. The lowest BCUT2D eigenvalue weighted by Gasteiger charge is -2.20. The molecular formula is C24H22F2N4O. The molecule has 0 spiro atoms. The predicted octanol–water partition coefficient (Wildman–Crippen LogP) is 4.97. The first-order valence-corrected chi connectivity index (χ1v) is 10.5. The number of anilines is 1. The Hall–Kier alpha value is -3.27. The Morgan fingerprint density at radius 3 is 2.61 bits per heavy atom. The second-order valence-corrected chi connectivity index (χ2v) is 8.86. The predicted molar refractivity (Wildman–Crippen MR) is 112 cm³/mol. The summed E-state index contributed by atoms with van der Waals surface area (Å²) >= 11 is 0. The van der Waals surface area contributed by atoms with E-state index in [1.807, 2.05) is 24.5 Å². The number of carbonyl (C=O) groups excluding carboxylic acids is 1. The molecule has 31 heavy (non-hydrogen) atoms. The van der Waals surface area contributed by atoms with Crippen LogP contribution in [-0.2, 0) is 4.79 Å². The molecule has 0 radical (unpaired) electrons. The summed E-state index contributed by atoms with van der Waals surface area (Å²) in [6.45, 7) is 3.82. The molecular weight excluding hydrogens is 398 g/mol. The average molecular weight is 420 g/mol. The molecule has 5 rings (SSSR count). The Labute approximate surface area is 178 Å². The number of imidazole rings is 1. The van der Waals surface area contributed by atoms with Crippen LogP contribution in [0.5, 0.6) is 0 Å². The monoisotopic (exact) mass is 420 g/mol. The molecule has 2 aromatic carbocycles. The number of aryl methyl sites for hydroxylation is 1. The molecule has 5 atom stereocenters. The molecule has 158 valence electrons. The SMILES string of the molecule is Cc1cc(NC(=O)C(C)C2[C@H]3CC(n4cnc5cc(F)c(F)cc54)C[C@@H]23)ccc1C#N. The highest BCUT2D eigenvalue weighted by atomic mass is 19.2. The van der Waals surface area contributed by atoms with E-state index in [1.165, 1.54) is 6.07 Å². The lowest BCUT2D eigenvalue weighted by Crippen LogP contribution is -2.24. The number of fused-ring (bicyclic) bond motifs is 2. The maximum Gasteiger partial charge on any atom is 0.227 e. The van der Waals surface area contributed by atoms with Gasteiger partial charge in [0.05, 0.1) is 29.0 Å². The number of halogens is 2. The minimum atomic E-state index is -0.885. The van der Waals surface area contributed by atoms with E-state index in [-0.39, 0.29) is 17.9 Å². The van der Waals surface area contributed by atoms with Gasteiger partial charge in [0.25, 0.3) is 0 Å². The van der Waals surface area contributed by atoms with Crippen molar-refractivity contribution in [3.8, 4) is 6.07 Å². The molecule has 3 unspecified atom stereocenters. The number of aromatic nitrogens is 2. The quantitative estimate of drug-likeness (QED) is 0.648. The molecule has 3 aromatic rings. The molecule has 1 N–H and O–H groups in total. The van der Waals surface area contributed by atoms with Crippen molar-refractivity contribution in [3.63, 3.8) is 0 Å². The molecule has 2 fully saturated rings. The molecule has 0 saturated heterocycles. The number of nitriles is 1. The van der Waals surface area contributed by atoms with Gasteiger partial charge in [0.2, 0.25) is 5.91 Å². The van der Waals surface area contributed by atoms with Crippen LogP contribution in [-0.4, -0.2) is 15.5 Å². The Morgan fingerprint density at radius 1 is 1.23 bits per heavy atom. The van der Waals surface area contributed by atoms with Crippen LogP contribution in [0.15, 0.2) is 36.7 Å². The minimum absolute atomic E-state index is 0.00863. The number of carbonyl (C=O) groups is 1. The van der Waals surface area contributed by atoms with Gasteiger partial charge >= 0.3 is 0 Å². The Balaban J connectivity index is 1.24. The molecule has 1 amide bonds. The highest BCUT2D eigenvalue weighted by Crippen LogP contribution is 2.64. The van der Waals surface area contributed by atoms with Crippen LogP contribution in [0.2, 0.25) is 0 Å². The number of hydrogen-bond donors (Lipinski definition) is 1. The molecule has 2 saturated carbocycles. The summed E-state index contributed by atoms with van der Waals surface area (Å²) in [5, 5.41) is 12.0. The molecule has 5 nitrogen and oxygen atoms in total. The third-order valence-electron chi connectivity index (χ3n) is 7.10. The molecule has 1 aromatic heterocycles. The van der Waals surface area contributed by atoms with Gasteiger partial charge in [0.1, 0.15) is 0 Å². The van der Waals surface area contributed by atoms with Gasteiger partial charge in [-0.2, -0.15) is 5.26 Å². The molecule has 0 aliphatic heterocycles. The van der Waals surface area contributed by atoms with E-state index in [0.29, 0.717) is 40.0 Å². The summed E-state index contributed by atoms with van der Waals surface area (Å²) in [5.41, 5.74) is 3.22. The fourth-order valence-electron chi connectivity index (χ4n) is 5.44. The number of benzene rings is 2. The van der Waals surface area contributed by atoms with Crippen LogP contribution in [0.3, 0.4) is 0 Å². The van der Waals surface area contributed by atoms with Crippen molar-refractivity contribution in [1.29, 1.82) is 5.26 Å². The Bertz CT molecular complexity index is 1230. The first-order chi connectivity index (χ1) is 14.9. The van der Waals surface area contributed by atoms with Crippen molar-refractivity contribution in [1.82, 2.24) is 9.55 Å². The summed E-state index contributed by atoms with van der Waals surface area (Å²) in [6, 6.07) is 9.97. The van der Waals surface area contributed by atoms with E-state index in [1.54, 1.807) is 18.5 Å². The molecule has 7 heteroatoms. The number of nitrogens with zero attached hydrogens (tertiary/aromatic N) is 3. The van der Waals surface area contributed by atoms with E-state index in [0.717, 1.165) is 24.5 Å². The first kappa shape index (κ1) is 19.7. The lowest BCUT2D eigenvalue weighted by atomic mass is 9.95. The topological polar surface area (TPSA) is 70.7 Å². The van der Waals surface area contributed by atoms with E-state index >= 15 is 0 Å². The number of amides is 1. The highest BCUT2D eigenvalue weighted by molar-refractivity contribution is 5.93. The maximum absolute atomic E-state index is 13.7. The highest BCUT2D eigenvalue weighted by Gasteiger charge is 2.59. The van der Waals surface area contributed by atoms with Crippen LogP contribution in [0, 0.1) is 53.6 Å². The van der Waals surface area contributed by atoms with E-state index in [4.69, 9.17) is 5.26 Å². The zero-order valence-electron chi connectivity index (χ0n) is 17.3.